The van der Waals surface area contributed by atoms with Crippen LogP contribution in [0.25, 0.3) is 11.1 Å². The van der Waals surface area contributed by atoms with Gasteiger partial charge in [0.25, 0.3) is 0 Å². The molecule has 2 amide bonds. The van der Waals surface area contributed by atoms with Crippen molar-refractivity contribution in [2.45, 2.75) is 38.3 Å². The van der Waals surface area contributed by atoms with Gasteiger partial charge in [0.2, 0.25) is 5.91 Å². The number of carbonyl (C=O) groups excluding carboxylic acids is 2. The van der Waals surface area contributed by atoms with Gasteiger partial charge in [0.15, 0.2) is 0 Å². The maximum atomic E-state index is 13.1. The maximum absolute atomic E-state index is 13.1. The molecule has 3 rings (SSSR count). The first-order chi connectivity index (χ1) is 15.7. The number of benzene rings is 2. The van der Waals surface area contributed by atoms with Gasteiger partial charge in [0.1, 0.15) is 18.2 Å². The number of alkyl carbamates (subject to hydrolysis) is 1. The van der Waals surface area contributed by atoms with Crippen LogP contribution in [-0.2, 0) is 19.1 Å². The van der Waals surface area contributed by atoms with Gasteiger partial charge in [-0.3, -0.25) is 4.79 Å². The molecule has 0 saturated carbocycles. The molecule has 0 bridgehead atoms. The zero-order chi connectivity index (χ0) is 24.2. The van der Waals surface area contributed by atoms with Crippen molar-refractivity contribution < 1.29 is 29.0 Å². The molecular formula is C25H30N2O6. The Morgan fingerprint density at radius 3 is 2.09 bits per heavy atom. The summed E-state index contributed by atoms with van der Waals surface area (Å²) in [6, 6.07) is 14.9. The number of amides is 2. The van der Waals surface area contributed by atoms with E-state index in [1.807, 2.05) is 48.5 Å². The molecule has 2 aromatic rings. The van der Waals surface area contributed by atoms with E-state index < -0.39 is 29.6 Å². The topological polar surface area (TPSA) is 105 Å². The highest BCUT2D eigenvalue weighted by molar-refractivity contribution is 5.91. The summed E-state index contributed by atoms with van der Waals surface area (Å²) in [4.78, 5) is 38.5. The van der Waals surface area contributed by atoms with Crippen LogP contribution in [0.5, 0.6) is 0 Å². The number of fused-ring (bicyclic) bond motifs is 3. The molecule has 1 atom stereocenters. The summed E-state index contributed by atoms with van der Waals surface area (Å²) < 4.78 is 10.6. The van der Waals surface area contributed by atoms with Gasteiger partial charge >= 0.3 is 12.1 Å². The second-order valence-electron chi connectivity index (χ2n) is 8.42. The summed E-state index contributed by atoms with van der Waals surface area (Å²) in [6.45, 7) is 4.70. The molecule has 0 aromatic heterocycles. The zero-order valence-electron chi connectivity index (χ0n) is 19.3. The van der Waals surface area contributed by atoms with Crippen LogP contribution >= 0.6 is 0 Å². The number of likely N-dealkylation sites (N-methyl/N-ethyl adjacent to an activating group) is 1. The van der Waals surface area contributed by atoms with Crippen LogP contribution in [0.15, 0.2) is 48.5 Å². The largest absolute Gasteiger partial charge is 0.480 e. The lowest BCUT2D eigenvalue weighted by molar-refractivity contribution is -0.158. The Morgan fingerprint density at radius 2 is 1.61 bits per heavy atom. The standard InChI is InChI=1S/C25H30N2O6/c1-5-27(25(2,3)23(29)30)22(28)21(15-32-4)26-24(31)33-14-20-18-12-8-6-10-16(18)17-11-7-9-13-19(17)20/h6-13,20-21H,5,14-15H2,1-4H3,(H,26,31)(H,29,30). The van der Waals surface area contributed by atoms with E-state index in [4.69, 9.17) is 9.47 Å². The molecule has 8 nitrogen and oxygen atoms in total. The predicted molar refractivity (Wildman–Crippen MR) is 123 cm³/mol. The molecule has 1 aliphatic carbocycles. The van der Waals surface area contributed by atoms with Crippen molar-refractivity contribution >= 4 is 18.0 Å². The minimum atomic E-state index is -1.44. The first kappa shape index (κ1) is 24.3. The molecular weight excluding hydrogens is 424 g/mol. The van der Waals surface area contributed by atoms with E-state index >= 15 is 0 Å². The summed E-state index contributed by atoms with van der Waals surface area (Å²) in [5.41, 5.74) is 2.95. The Kier molecular flexibility index (Phi) is 7.38. The van der Waals surface area contributed by atoms with E-state index in [9.17, 15) is 19.5 Å². The number of carboxylic acids is 1. The van der Waals surface area contributed by atoms with Gasteiger partial charge in [-0.1, -0.05) is 48.5 Å². The van der Waals surface area contributed by atoms with E-state index in [0.29, 0.717) is 0 Å². The number of carbonyl (C=O) groups is 3. The average molecular weight is 455 g/mol. The lowest BCUT2D eigenvalue weighted by Gasteiger charge is -2.36. The van der Waals surface area contributed by atoms with Crippen molar-refractivity contribution in [3.05, 3.63) is 59.7 Å². The Balaban J connectivity index is 1.71. The highest BCUT2D eigenvalue weighted by atomic mass is 16.5. The van der Waals surface area contributed by atoms with Gasteiger partial charge < -0.3 is 24.8 Å². The van der Waals surface area contributed by atoms with Crippen LogP contribution in [0.4, 0.5) is 4.79 Å². The molecule has 2 N–H and O–H groups in total. The number of ether oxygens (including phenoxy) is 2. The minimum absolute atomic E-state index is 0.103. The molecule has 0 spiro atoms. The molecule has 33 heavy (non-hydrogen) atoms. The third-order valence-corrected chi connectivity index (χ3v) is 6.05. The van der Waals surface area contributed by atoms with Crippen LogP contribution in [0, 0.1) is 0 Å². The summed E-state index contributed by atoms with van der Waals surface area (Å²) in [6.07, 6.45) is -0.767. The molecule has 2 aromatic carbocycles. The molecule has 0 saturated heterocycles. The van der Waals surface area contributed by atoms with Crippen LogP contribution in [0.1, 0.15) is 37.8 Å². The number of hydrogen-bond donors (Lipinski definition) is 2. The molecule has 0 heterocycles. The van der Waals surface area contributed by atoms with Crippen LogP contribution < -0.4 is 5.32 Å². The summed E-state index contributed by atoms with van der Waals surface area (Å²) in [7, 11) is 1.40. The van der Waals surface area contributed by atoms with E-state index in [1.165, 1.54) is 25.9 Å². The molecule has 176 valence electrons. The fraction of sp³-hybridized carbons (Fsp3) is 0.400. The maximum Gasteiger partial charge on any atom is 0.407 e. The molecule has 1 unspecified atom stereocenters. The third-order valence-electron chi connectivity index (χ3n) is 6.05. The molecule has 1 aliphatic rings. The minimum Gasteiger partial charge on any atom is -0.480 e. The Labute approximate surface area is 193 Å². The average Bonchev–Trinajstić information content (AvgIpc) is 3.11. The fourth-order valence-electron chi connectivity index (χ4n) is 4.25. The van der Waals surface area contributed by atoms with Crippen molar-refractivity contribution in [1.29, 1.82) is 0 Å². The van der Waals surface area contributed by atoms with E-state index in [2.05, 4.69) is 5.32 Å². The van der Waals surface area contributed by atoms with Crippen LogP contribution in [-0.4, -0.2) is 66.4 Å². The normalized spacial score (nSPS) is 13.6. The van der Waals surface area contributed by atoms with Gasteiger partial charge in [0, 0.05) is 19.6 Å². The van der Waals surface area contributed by atoms with Crippen LogP contribution in [0.3, 0.4) is 0 Å². The summed E-state index contributed by atoms with van der Waals surface area (Å²) in [5.74, 6) is -1.81. The molecule has 8 heteroatoms. The fourth-order valence-corrected chi connectivity index (χ4v) is 4.25. The predicted octanol–water partition coefficient (Wildman–Crippen LogP) is 3.25. The molecule has 0 aliphatic heterocycles. The monoisotopic (exact) mass is 454 g/mol. The van der Waals surface area contributed by atoms with E-state index in [1.54, 1.807) is 6.92 Å². The van der Waals surface area contributed by atoms with Gasteiger partial charge in [-0.15, -0.1) is 0 Å². The Bertz CT molecular complexity index is 990. The first-order valence-corrected chi connectivity index (χ1v) is 10.9. The third kappa shape index (κ3) is 4.85. The van der Waals surface area contributed by atoms with Gasteiger partial charge in [-0.25, -0.2) is 9.59 Å². The van der Waals surface area contributed by atoms with Gasteiger partial charge in [-0.2, -0.15) is 0 Å². The van der Waals surface area contributed by atoms with Crippen molar-refractivity contribution in [2.24, 2.45) is 0 Å². The zero-order valence-corrected chi connectivity index (χ0v) is 19.3. The van der Waals surface area contributed by atoms with Crippen molar-refractivity contribution in [2.75, 3.05) is 26.9 Å². The first-order valence-electron chi connectivity index (χ1n) is 10.9. The lowest BCUT2D eigenvalue weighted by atomic mass is 9.98. The Hall–Kier alpha value is -3.39. The highest BCUT2D eigenvalue weighted by Gasteiger charge is 2.40. The number of nitrogens with zero attached hydrogens (tertiary/aromatic N) is 1. The van der Waals surface area contributed by atoms with Gasteiger partial charge in [0.05, 0.1) is 6.61 Å². The number of aliphatic carboxylic acids is 1. The highest BCUT2D eigenvalue weighted by Crippen LogP contribution is 2.44. The smallest absolute Gasteiger partial charge is 0.407 e. The number of nitrogens with one attached hydrogen (secondary N) is 1. The quantitative estimate of drug-likeness (QED) is 0.603. The summed E-state index contributed by atoms with van der Waals surface area (Å²) >= 11 is 0. The van der Waals surface area contributed by atoms with Crippen molar-refractivity contribution in [3.8, 4) is 11.1 Å². The second kappa shape index (κ2) is 10.0. The molecule has 0 fully saturated rings. The second-order valence-corrected chi connectivity index (χ2v) is 8.42. The lowest BCUT2D eigenvalue weighted by Crippen LogP contribution is -2.59. The van der Waals surface area contributed by atoms with E-state index in [0.717, 1.165) is 22.3 Å². The number of hydrogen-bond acceptors (Lipinski definition) is 5. The SMILES string of the molecule is CCN(C(=O)C(COC)NC(=O)OCC1c2ccccc2-c2ccccc21)C(C)(C)C(=O)O. The van der Waals surface area contributed by atoms with Crippen molar-refractivity contribution in [1.82, 2.24) is 10.2 Å². The van der Waals surface area contributed by atoms with Crippen molar-refractivity contribution in [3.63, 3.8) is 0 Å². The number of carboxylic acid groups (broad SMARTS) is 1. The van der Waals surface area contributed by atoms with Gasteiger partial charge in [-0.05, 0) is 43.0 Å². The molecule has 0 radical (unpaired) electrons. The number of rotatable bonds is 9. The summed E-state index contributed by atoms with van der Waals surface area (Å²) in [5, 5.41) is 12.1. The Morgan fingerprint density at radius 1 is 1.06 bits per heavy atom. The number of methoxy groups -OCH3 is 1. The van der Waals surface area contributed by atoms with Crippen LogP contribution in [0.2, 0.25) is 0 Å². The van der Waals surface area contributed by atoms with E-state index in [-0.39, 0.29) is 25.7 Å².